The van der Waals surface area contributed by atoms with E-state index in [2.05, 4.69) is 37.9 Å². The van der Waals surface area contributed by atoms with Crippen LogP contribution in [0.15, 0.2) is 0 Å². The summed E-state index contributed by atoms with van der Waals surface area (Å²) in [6.45, 7) is 12.6. The molecular weight excluding hydrogens is 248 g/mol. The van der Waals surface area contributed by atoms with E-state index >= 15 is 0 Å². The average Bonchev–Trinajstić information content (AvgIpc) is 3.21. The highest BCUT2D eigenvalue weighted by Crippen LogP contribution is 2.37. The molecule has 1 saturated carbocycles. The van der Waals surface area contributed by atoms with Gasteiger partial charge in [-0.25, -0.2) is 0 Å². The van der Waals surface area contributed by atoms with Crippen molar-refractivity contribution in [3.63, 3.8) is 0 Å². The maximum absolute atomic E-state index is 5.93. The van der Waals surface area contributed by atoms with E-state index in [4.69, 9.17) is 4.74 Å². The maximum Gasteiger partial charge on any atom is 0.0641 e. The first kappa shape index (κ1) is 14.8. The third-order valence-electron chi connectivity index (χ3n) is 5.52. The Kier molecular flexibility index (Phi) is 4.13. The fourth-order valence-electron chi connectivity index (χ4n) is 4.15. The minimum Gasteiger partial charge on any atom is -0.375 e. The van der Waals surface area contributed by atoms with Crippen LogP contribution in [-0.4, -0.2) is 48.3 Å². The van der Waals surface area contributed by atoms with Crippen molar-refractivity contribution in [3.05, 3.63) is 0 Å². The van der Waals surface area contributed by atoms with Crippen molar-refractivity contribution in [1.29, 1.82) is 0 Å². The molecule has 0 radical (unpaired) electrons. The van der Waals surface area contributed by atoms with E-state index in [0.29, 0.717) is 6.04 Å². The lowest BCUT2D eigenvalue weighted by Gasteiger charge is -2.50. The fraction of sp³-hybridized carbons (Fsp3) is 1.00. The van der Waals surface area contributed by atoms with E-state index in [1.54, 1.807) is 0 Å². The molecule has 0 bridgehead atoms. The third-order valence-corrected chi connectivity index (χ3v) is 5.52. The van der Waals surface area contributed by atoms with Crippen LogP contribution in [0, 0.1) is 11.8 Å². The first-order valence-corrected chi connectivity index (χ1v) is 8.59. The molecule has 3 heteroatoms. The summed E-state index contributed by atoms with van der Waals surface area (Å²) < 4.78 is 5.93. The summed E-state index contributed by atoms with van der Waals surface area (Å²) in [5, 5.41) is 3.83. The van der Waals surface area contributed by atoms with Gasteiger partial charge in [0, 0.05) is 37.8 Å². The van der Waals surface area contributed by atoms with Crippen LogP contribution in [0.1, 0.15) is 53.4 Å². The number of nitrogens with zero attached hydrogens (tertiary/aromatic N) is 1. The zero-order valence-electron chi connectivity index (χ0n) is 13.7. The lowest BCUT2D eigenvalue weighted by molar-refractivity contribution is -0.0978. The molecule has 1 aliphatic carbocycles. The minimum atomic E-state index is 0.0599. The van der Waals surface area contributed by atoms with Crippen molar-refractivity contribution in [2.75, 3.05) is 19.7 Å². The SMILES string of the molecule is CC(C)C1CNC(C2CC2)CN1C1CCOC(C)(C)C1. The van der Waals surface area contributed by atoms with Crippen LogP contribution in [0.5, 0.6) is 0 Å². The molecule has 0 aromatic heterocycles. The summed E-state index contributed by atoms with van der Waals surface area (Å²) in [6.07, 6.45) is 5.28. The number of piperazine rings is 1. The van der Waals surface area contributed by atoms with Crippen LogP contribution >= 0.6 is 0 Å². The Morgan fingerprint density at radius 3 is 2.55 bits per heavy atom. The first-order valence-electron chi connectivity index (χ1n) is 8.59. The second-order valence-corrected chi connectivity index (χ2v) is 8.12. The molecule has 3 aliphatic rings. The van der Waals surface area contributed by atoms with Crippen molar-refractivity contribution in [1.82, 2.24) is 10.2 Å². The van der Waals surface area contributed by atoms with Crippen molar-refractivity contribution in [3.8, 4) is 0 Å². The Labute approximate surface area is 124 Å². The van der Waals surface area contributed by atoms with Crippen LogP contribution in [0.2, 0.25) is 0 Å². The summed E-state index contributed by atoms with van der Waals surface area (Å²) in [5.74, 6) is 1.69. The highest BCUT2D eigenvalue weighted by atomic mass is 16.5. The summed E-state index contributed by atoms with van der Waals surface area (Å²) >= 11 is 0. The largest absolute Gasteiger partial charge is 0.375 e. The Balaban J connectivity index is 1.71. The Bertz CT molecular complexity index is 338. The van der Waals surface area contributed by atoms with Gasteiger partial charge < -0.3 is 10.1 Å². The lowest BCUT2D eigenvalue weighted by Crippen LogP contribution is -2.63. The fourth-order valence-corrected chi connectivity index (χ4v) is 4.15. The first-order chi connectivity index (χ1) is 9.46. The molecule has 1 N–H and O–H groups in total. The molecule has 0 aromatic carbocycles. The zero-order chi connectivity index (χ0) is 14.3. The molecule has 2 saturated heterocycles. The molecule has 0 amide bonds. The topological polar surface area (TPSA) is 24.5 Å². The van der Waals surface area contributed by atoms with Gasteiger partial charge in [0.15, 0.2) is 0 Å². The van der Waals surface area contributed by atoms with Gasteiger partial charge in [0.05, 0.1) is 5.60 Å². The van der Waals surface area contributed by atoms with Crippen molar-refractivity contribution in [2.45, 2.75) is 77.1 Å². The highest BCUT2D eigenvalue weighted by Gasteiger charge is 2.42. The molecule has 3 rings (SSSR count). The van der Waals surface area contributed by atoms with E-state index in [9.17, 15) is 0 Å². The van der Waals surface area contributed by atoms with E-state index in [1.807, 2.05) is 0 Å². The van der Waals surface area contributed by atoms with Gasteiger partial charge in [-0.05, 0) is 51.4 Å². The van der Waals surface area contributed by atoms with E-state index in [0.717, 1.165) is 30.5 Å². The van der Waals surface area contributed by atoms with Gasteiger partial charge in [-0.15, -0.1) is 0 Å². The number of ether oxygens (including phenoxy) is 1. The molecule has 3 fully saturated rings. The van der Waals surface area contributed by atoms with Gasteiger partial charge >= 0.3 is 0 Å². The number of rotatable bonds is 3. The molecule has 3 unspecified atom stereocenters. The minimum absolute atomic E-state index is 0.0599. The third kappa shape index (κ3) is 3.20. The van der Waals surface area contributed by atoms with Gasteiger partial charge in [0.1, 0.15) is 0 Å². The van der Waals surface area contributed by atoms with Gasteiger partial charge in [0.2, 0.25) is 0 Å². The predicted octanol–water partition coefficient (Wildman–Crippen LogP) is 2.65. The molecule has 20 heavy (non-hydrogen) atoms. The smallest absolute Gasteiger partial charge is 0.0641 e. The number of nitrogens with one attached hydrogen (secondary N) is 1. The molecule has 0 aromatic rings. The van der Waals surface area contributed by atoms with Crippen molar-refractivity contribution >= 4 is 0 Å². The van der Waals surface area contributed by atoms with Gasteiger partial charge in [0.25, 0.3) is 0 Å². The zero-order valence-corrected chi connectivity index (χ0v) is 13.7. The average molecular weight is 280 g/mol. The summed E-state index contributed by atoms with van der Waals surface area (Å²) in [6, 6.07) is 2.16. The van der Waals surface area contributed by atoms with Crippen molar-refractivity contribution in [2.24, 2.45) is 11.8 Å². The summed E-state index contributed by atoms with van der Waals surface area (Å²) in [7, 11) is 0. The van der Waals surface area contributed by atoms with Gasteiger partial charge in [-0.1, -0.05) is 13.8 Å². The van der Waals surface area contributed by atoms with Gasteiger partial charge in [-0.2, -0.15) is 0 Å². The molecule has 3 atom stereocenters. The quantitative estimate of drug-likeness (QED) is 0.860. The Hall–Kier alpha value is -0.120. The van der Waals surface area contributed by atoms with Crippen LogP contribution in [0.4, 0.5) is 0 Å². The molecule has 3 nitrogen and oxygen atoms in total. The second kappa shape index (κ2) is 5.58. The summed E-state index contributed by atoms with van der Waals surface area (Å²) in [4.78, 5) is 2.84. The molecule has 0 spiro atoms. The van der Waals surface area contributed by atoms with E-state index in [-0.39, 0.29) is 5.60 Å². The normalized spacial score (nSPS) is 39.1. The van der Waals surface area contributed by atoms with Crippen LogP contribution < -0.4 is 5.32 Å². The number of hydrogen-bond acceptors (Lipinski definition) is 3. The molecule has 116 valence electrons. The molecule has 2 aliphatic heterocycles. The standard InChI is InChI=1S/C17H32N2O/c1-12(2)16-10-18-15(13-5-6-13)11-19(16)14-7-8-20-17(3,4)9-14/h12-16,18H,5-11H2,1-4H3. The monoisotopic (exact) mass is 280 g/mol. The van der Waals surface area contributed by atoms with Crippen LogP contribution in [0.25, 0.3) is 0 Å². The Morgan fingerprint density at radius 1 is 1.20 bits per heavy atom. The van der Waals surface area contributed by atoms with Gasteiger partial charge in [-0.3, -0.25) is 4.90 Å². The van der Waals surface area contributed by atoms with Crippen LogP contribution in [-0.2, 0) is 4.74 Å². The highest BCUT2D eigenvalue weighted by molar-refractivity contribution is 4.98. The maximum atomic E-state index is 5.93. The second-order valence-electron chi connectivity index (χ2n) is 8.12. The summed E-state index contributed by atoms with van der Waals surface area (Å²) in [5.41, 5.74) is 0.0599. The molecular formula is C17H32N2O. The Morgan fingerprint density at radius 2 is 1.95 bits per heavy atom. The van der Waals surface area contributed by atoms with E-state index in [1.165, 1.54) is 38.8 Å². The lowest BCUT2D eigenvalue weighted by atomic mass is 9.88. The van der Waals surface area contributed by atoms with E-state index < -0.39 is 0 Å². The predicted molar refractivity (Wildman–Crippen MR) is 82.9 cm³/mol. The number of hydrogen-bond donors (Lipinski definition) is 1. The van der Waals surface area contributed by atoms with Crippen molar-refractivity contribution < 1.29 is 4.74 Å². The van der Waals surface area contributed by atoms with Crippen LogP contribution in [0.3, 0.4) is 0 Å². The molecule has 2 heterocycles.